The highest BCUT2D eigenvalue weighted by molar-refractivity contribution is 6.31. The van der Waals surface area contributed by atoms with Crippen molar-refractivity contribution >= 4 is 11.6 Å². The van der Waals surface area contributed by atoms with Gasteiger partial charge in [0.15, 0.2) is 0 Å². The van der Waals surface area contributed by atoms with Crippen LogP contribution < -0.4 is 5.73 Å². The number of hydrogen-bond donors (Lipinski definition) is 2. The smallest absolute Gasteiger partial charge is 0.391 e. The number of hydrogen-bond acceptors (Lipinski definition) is 2. The maximum absolute atomic E-state index is 12.6. The second-order valence-electron chi connectivity index (χ2n) is 4.64. The molecule has 1 unspecified atom stereocenters. The fourth-order valence-electron chi connectivity index (χ4n) is 1.76. The van der Waals surface area contributed by atoms with E-state index in [-0.39, 0.29) is 5.92 Å². The summed E-state index contributed by atoms with van der Waals surface area (Å²) >= 11 is 5.62. The Labute approximate surface area is 115 Å². The number of aliphatic hydroxyl groups excluding tert-OH is 1. The maximum atomic E-state index is 12.6. The minimum Gasteiger partial charge on any atom is -0.391 e. The van der Waals surface area contributed by atoms with E-state index >= 15 is 0 Å². The van der Waals surface area contributed by atoms with Gasteiger partial charge in [0.1, 0.15) is 0 Å². The van der Waals surface area contributed by atoms with E-state index in [1.807, 2.05) is 13.8 Å². The Morgan fingerprint density at radius 1 is 1.37 bits per heavy atom. The molecule has 0 radical (unpaired) electrons. The number of nitrogens with two attached hydrogens (primary N) is 1. The van der Waals surface area contributed by atoms with Gasteiger partial charge in [0, 0.05) is 0 Å². The Morgan fingerprint density at radius 3 is 2.37 bits per heavy atom. The molecule has 0 aliphatic carbocycles. The van der Waals surface area contributed by atoms with Gasteiger partial charge in [-0.3, -0.25) is 0 Å². The molecule has 1 rings (SSSR count). The molecule has 3 N–H and O–H groups in total. The summed E-state index contributed by atoms with van der Waals surface area (Å²) in [6.45, 7) is 3.73. The topological polar surface area (TPSA) is 46.2 Å². The van der Waals surface area contributed by atoms with Gasteiger partial charge in [-0.05, 0) is 23.6 Å². The van der Waals surface area contributed by atoms with E-state index < -0.39 is 28.9 Å². The second kappa shape index (κ2) is 6.11. The van der Waals surface area contributed by atoms with Crippen LogP contribution in [-0.2, 0) is 6.18 Å². The third kappa shape index (κ3) is 3.84. The maximum Gasteiger partial charge on any atom is 0.417 e. The molecular formula is C13H17ClF3NO. The Hall–Kier alpha value is -0.780. The number of alkyl halides is 3. The standard InChI is InChI=1S/C13H17ClF3NO/c1-3-7(2)12(19)11(18)8-4-5-9(10(14)6-8)13(15,16)17/h4-7,11-12,19H,3,18H2,1-2H3/t7?,11-,12+/m0/s1. The van der Waals surface area contributed by atoms with Gasteiger partial charge in [0.05, 0.1) is 22.7 Å². The van der Waals surface area contributed by atoms with E-state index in [9.17, 15) is 18.3 Å². The molecule has 0 spiro atoms. The zero-order chi connectivity index (χ0) is 14.8. The van der Waals surface area contributed by atoms with Crippen molar-refractivity contribution in [1.82, 2.24) is 0 Å². The summed E-state index contributed by atoms with van der Waals surface area (Å²) in [5, 5.41) is 9.56. The molecule has 108 valence electrons. The minimum atomic E-state index is -4.49. The third-order valence-corrected chi connectivity index (χ3v) is 3.59. The molecule has 0 fully saturated rings. The van der Waals surface area contributed by atoms with Crippen molar-refractivity contribution in [2.45, 2.75) is 38.6 Å². The first-order valence-corrected chi connectivity index (χ1v) is 6.36. The van der Waals surface area contributed by atoms with Gasteiger partial charge < -0.3 is 10.8 Å². The van der Waals surface area contributed by atoms with Crippen molar-refractivity contribution in [3.8, 4) is 0 Å². The number of benzene rings is 1. The third-order valence-electron chi connectivity index (χ3n) is 3.28. The summed E-state index contributed by atoms with van der Waals surface area (Å²) in [7, 11) is 0. The molecule has 3 atom stereocenters. The van der Waals surface area contributed by atoms with Crippen LogP contribution in [0.2, 0.25) is 5.02 Å². The van der Waals surface area contributed by atoms with E-state index in [4.69, 9.17) is 17.3 Å². The summed E-state index contributed by atoms with van der Waals surface area (Å²) in [5.41, 5.74) is 5.35. The minimum absolute atomic E-state index is 0.0453. The molecular weight excluding hydrogens is 279 g/mol. The van der Waals surface area contributed by atoms with E-state index in [0.717, 1.165) is 12.5 Å². The molecule has 1 aromatic rings. The first kappa shape index (κ1) is 16.3. The first-order chi connectivity index (χ1) is 8.68. The Morgan fingerprint density at radius 2 is 1.95 bits per heavy atom. The fraction of sp³-hybridized carbons (Fsp3) is 0.538. The lowest BCUT2D eigenvalue weighted by atomic mass is 9.91. The molecule has 0 amide bonds. The van der Waals surface area contributed by atoms with Crippen molar-refractivity contribution in [2.24, 2.45) is 11.7 Å². The first-order valence-electron chi connectivity index (χ1n) is 5.98. The molecule has 0 aliphatic heterocycles. The quantitative estimate of drug-likeness (QED) is 0.888. The van der Waals surface area contributed by atoms with Crippen LogP contribution in [-0.4, -0.2) is 11.2 Å². The van der Waals surface area contributed by atoms with Crippen LogP contribution >= 0.6 is 11.6 Å². The number of rotatable bonds is 4. The second-order valence-corrected chi connectivity index (χ2v) is 5.05. The lowest BCUT2D eigenvalue weighted by Gasteiger charge is -2.24. The molecule has 0 bridgehead atoms. The van der Waals surface area contributed by atoms with Crippen molar-refractivity contribution < 1.29 is 18.3 Å². The lowest BCUT2D eigenvalue weighted by molar-refractivity contribution is -0.137. The van der Waals surface area contributed by atoms with Gasteiger partial charge in [0.25, 0.3) is 0 Å². The van der Waals surface area contributed by atoms with Crippen LogP contribution in [0.1, 0.15) is 37.4 Å². The van der Waals surface area contributed by atoms with E-state index in [1.165, 1.54) is 12.1 Å². The lowest BCUT2D eigenvalue weighted by Crippen LogP contribution is -2.31. The van der Waals surface area contributed by atoms with Crippen molar-refractivity contribution in [2.75, 3.05) is 0 Å². The molecule has 0 saturated heterocycles. The van der Waals surface area contributed by atoms with Gasteiger partial charge in [-0.15, -0.1) is 0 Å². The zero-order valence-corrected chi connectivity index (χ0v) is 11.5. The van der Waals surface area contributed by atoms with Gasteiger partial charge >= 0.3 is 6.18 Å². The predicted molar refractivity (Wildman–Crippen MR) is 68.8 cm³/mol. The summed E-state index contributed by atoms with van der Waals surface area (Å²) in [5.74, 6) is -0.0453. The molecule has 6 heteroatoms. The van der Waals surface area contributed by atoms with Crippen molar-refractivity contribution in [3.05, 3.63) is 34.3 Å². The highest BCUT2D eigenvalue weighted by Gasteiger charge is 2.33. The number of aliphatic hydroxyl groups is 1. The van der Waals surface area contributed by atoms with Gasteiger partial charge in [-0.1, -0.05) is 37.9 Å². The highest BCUT2D eigenvalue weighted by atomic mass is 35.5. The van der Waals surface area contributed by atoms with E-state index in [0.29, 0.717) is 5.56 Å². The van der Waals surface area contributed by atoms with E-state index in [1.54, 1.807) is 0 Å². The fourth-order valence-corrected chi connectivity index (χ4v) is 2.06. The van der Waals surface area contributed by atoms with E-state index in [2.05, 4.69) is 0 Å². The molecule has 0 heterocycles. The Balaban J connectivity index is 3.01. The Kier molecular flexibility index (Phi) is 5.24. The van der Waals surface area contributed by atoms with Crippen LogP contribution in [0.4, 0.5) is 13.2 Å². The van der Waals surface area contributed by atoms with Crippen molar-refractivity contribution in [3.63, 3.8) is 0 Å². The zero-order valence-electron chi connectivity index (χ0n) is 10.7. The average molecular weight is 296 g/mol. The van der Waals surface area contributed by atoms with Crippen LogP contribution in [0.3, 0.4) is 0 Å². The normalized spacial score (nSPS) is 17.1. The summed E-state index contributed by atoms with van der Waals surface area (Å²) in [4.78, 5) is 0. The Bertz CT molecular complexity index is 436. The molecule has 2 nitrogen and oxygen atoms in total. The SMILES string of the molecule is CCC(C)[C@@H](O)[C@@H](N)c1ccc(C(F)(F)F)c(Cl)c1. The monoisotopic (exact) mass is 295 g/mol. The molecule has 19 heavy (non-hydrogen) atoms. The molecule has 0 aromatic heterocycles. The van der Waals surface area contributed by atoms with Gasteiger partial charge in [0.2, 0.25) is 0 Å². The van der Waals surface area contributed by atoms with Crippen LogP contribution in [0.5, 0.6) is 0 Å². The molecule has 0 saturated carbocycles. The van der Waals surface area contributed by atoms with Crippen LogP contribution in [0.25, 0.3) is 0 Å². The van der Waals surface area contributed by atoms with Crippen LogP contribution in [0.15, 0.2) is 18.2 Å². The molecule has 1 aromatic carbocycles. The predicted octanol–water partition coefficient (Wildman–Crippen LogP) is 3.77. The number of halogens is 4. The largest absolute Gasteiger partial charge is 0.417 e. The van der Waals surface area contributed by atoms with Gasteiger partial charge in [-0.25, -0.2) is 0 Å². The van der Waals surface area contributed by atoms with Crippen LogP contribution in [0, 0.1) is 5.92 Å². The average Bonchev–Trinajstić information content (AvgIpc) is 2.34. The molecule has 0 aliphatic rings. The van der Waals surface area contributed by atoms with Crippen molar-refractivity contribution in [1.29, 1.82) is 0 Å². The summed E-state index contributed by atoms with van der Waals surface area (Å²) in [6.07, 6.45) is -4.59. The van der Waals surface area contributed by atoms with Gasteiger partial charge in [-0.2, -0.15) is 13.2 Å². The summed E-state index contributed by atoms with van der Waals surface area (Å²) < 4.78 is 37.7. The highest BCUT2D eigenvalue weighted by Crippen LogP contribution is 2.36. The summed E-state index contributed by atoms with van der Waals surface area (Å²) in [6, 6.07) is 2.56.